The van der Waals surface area contributed by atoms with E-state index in [9.17, 15) is 14.7 Å². The molecule has 21 heavy (non-hydrogen) atoms. The Labute approximate surface area is 123 Å². The van der Waals surface area contributed by atoms with Crippen LogP contribution in [0.5, 0.6) is 5.88 Å². The summed E-state index contributed by atoms with van der Waals surface area (Å²) in [4.78, 5) is 26.8. The Morgan fingerprint density at radius 3 is 2.62 bits per heavy atom. The molecule has 2 N–H and O–H groups in total. The number of alkyl carbamates (subject to hydrolysis) is 1. The van der Waals surface area contributed by atoms with Crippen molar-refractivity contribution in [2.75, 3.05) is 7.11 Å². The molecule has 1 heterocycles. The van der Waals surface area contributed by atoms with Crippen LogP contribution in [0.15, 0.2) is 18.3 Å². The van der Waals surface area contributed by atoms with Gasteiger partial charge >= 0.3 is 12.1 Å². The number of rotatable bonds is 5. The number of nitrogens with zero attached hydrogens (tertiary/aromatic N) is 1. The number of carboxylic acid groups (broad SMARTS) is 1. The molecule has 0 bridgehead atoms. The second kappa shape index (κ2) is 6.92. The van der Waals surface area contributed by atoms with Gasteiger partial charge in [-0.1, -0.05) is 0 Å². The number of aromatic nitrogens is 1. The summed E-state index contributed by atoms with van der Waals surface area (Å²) in [5, 5.41) is 11.5. The van der Waals surface area contributed by atoms with Crippen molar-refractivity contribution in [2.24, 2.45) is 0 Å². The van der Waals surface area contributed by atoms with Crippen LogP contribution in [-0.2, 0) is 16.0 Å². The first-order chi connectivity index (χ1) is 9.71. The van der Waals surface area contributed by atoms with E-state index in [0.717, 1.165) is 0 Å². The van der Waals surface area contributed by atoms with E-state index in [0.29, 0.717) is 11.4 Å². The van der Waals surface area contributed by atoms with E-state index < -0.39 is 23.7 Å². The molecule has 0 saturated carbocycles. The average Bonchev–Trinajstić information content (AvgIpc) is 2.36. The van der Waals surface area contributed by atoms with Gasteiger partial charge in [-0.25, -0.2) is 14.6 Å². The molecule has 1 unspecified atom stereocenters. The van der Waals surface area contributed by atoms with Gasteiger partial charge in [0.2, 0.25) is 5.88 Å². The third-order valence-corrected chi connectivity index (χ3v) is 2.44. The van der Waals surface area contributed by atoms with Crippen LogP contribution in [0.4, 0.5) is 4.79 Å². The van der Waals surface area contributed by atoms with Gasteiger partial charge in [-0.15, -0.1) is 0 Å². The molecule has 0 aliphatic rings. The Balaban J connectivity index is 2.74. The number of carboxylic acids is 1. The SMILES string of the molecule is COc1cc(CC(NC(=O)OC(C)(C)C)C(=O)O)ccn1. The predicted octanol–water partition coefficient (Wildman–Crippen LogP) is 1.61. The fourth-order valence-electron chi connectivity index (χ4n) is 1.57. The van der Waals surface area contributed by atoms with Gasteiger partial charge < -0.3 is 19.9 Å². The second-order valence-corrected chi connectivity index (χ2v) is 5.45. The average molecular weight is 296 g/mol. The van der Waals surface area contributed by atoms with Gasteiger partial charge in [-0.3, -0.25) is 0 Å². The maximum atomic E-state index is 11.7. The van der Waals surface area contributed by atoms with Crippen molar-refractivity contribution >= 4 is 12.1 Å². The van der Waals surface area contributed by atoms with Crippen molar-refractivity contribution in [3.8, 4) is 5.88 Å². The number of nitrogens with one attached hydrogen (secondary N) is 1. The molecule has 7 heteroatoms. The first kappa shape index (κ1) is 16.7. The first-order valence-electron chi connectivity index (χ1n) is 6.42. The number of hydrogen-bond acceptors (Lipinski definition) is 5. The maximum absolute atomic E-state index is 11.7. The lowest BCUT2D eigenvalue weighted by Gasteiger charge is -2.22. The Morgan fingerprint density at radius 2 is 2.10 bits per heavy atom. The molecule has 0 saturated heterocycles. The zero-order valence-corrected chi connectivity index (χ0v) is 12.5. The van der Waals surface area contributed by atoms with Gasteiger partial charge in [-0.05, 0) is 32.4 Å². The van der Waals surface area contributed by atoms with Gasteiger partial charge in [-0.2, -0.15) is 0 Å². The fourth-order valence-corrected chi connectivity index (χ4v) is 1.57. The van der Waals surface area contributed by atoms with E-state index in [1.165, 1.54) is 13.3 Å². The molecule has 0 aliphatic heterocycles. The van der Waals surface area contributed by atoms with Crippen molar-refractivity contribution in [3.63, 3.8) is 0 Å². The number of carbonyl (C=O) groups is 2. The highest BCUT2D eigenvalue weighted by Gasteiger charge is 2.24. The largest absolute Gasteiger partial charge is 0.481 e. The number of methoxy groups -OCH3 is 1. The molecule has 0 radical (unpaired) electrons. The minimum Gasteiger partial charge on any atom is -0.481 e. The van der Waals surface area contributed by atoms with E-state index >= 15 is 0 Å². The topological polar surface area (TPSA) is 97.8 Å². The highest BCUT2D eigenvalue weighted by molar-refractivity contribution is 5.80. The molecule has 7 nitrogen and oxygen atoms in total. The predicted molar refractivity (Wildman–Crippen MR) is 75.3 cm³/mol. The number of amides is 1. The van der Waals surface area contributed by atoms with Gasteiger partial charge in [0.15, 0.2) is 0 Å². The normalized spacial score (nSPS) is 12.4. The molecule has 0 aliphatic carbocycles. The van der Waals surface area contributed by atoms with E-state index in [-0.39, 0.29) is 6.42 Å². The summed E-state index contributed by atoms with van der Waals surface area (Å²) in [6, 6.07) is 2.19. The van der Waals surface area contributed by atoms with Gasteiger partial charge in [0.1, 0.15) is 11.6 Å². The quantitative estimate of drug-likeness (QED) is 0.856. The minimum absolute atomic E-state index is 0.105. The van der Waals surface area contributed by atoms with Crippen molar-refractivity contribution in [1.29, 1.82) is 0 Å². The smallest absolute Gasteiger partial charge is 0.408 e. The molecule has 1 amide bonds. The molecular formula is C14H20N2O5. The van der Waals surface area contributed by atoms with Crippen LogP contribution < -0.4 is 10.1 Å². The molecule has 116 valence electrons. The lowest BCUT2D eigenvalue weighted by atomic mass is 10.1. The van der Waals surface area contributed by atoms with E-state index in [2.05, 4.69) is 10.3 Å². The van der Waals surface area contributed by atoms with Crippen LogP contribution in [0.1, 0.15) is 26.3 Å². The summed E-state index contributed by atoms with van der Waals surface area (Å²) in [6.07, 6.45) is 0.851. The first-order valence-corrected chi connectivity index (χ1v) is 6.42. The number of ether oxygens (including phenoxy) is 2. The van der Waals surface area contributed by atoms with Crippen LogP contribution in [0.25, 0.3) is 0 Å². The van der Waals surface area contributed by atoms with Crippen LogP contribution in [0.3, 0.4) is 0 Å². The highest BCUT2D eigenvalue weighted by Crippen LogP contribution is 2.12. The fraction of sp³-hybridized carbons (Fsp3) is 0.500. The number of pyridine rings is 1. The highest BCUT2D eigenvalue weighted by atomic mass is 16.6. The molecule has 1 rings (SSSR count). The van der Waals surface area contributed by atoms with E-state index in [1.54, 1.807) is 32.9 Å². The number of carbonyl (C=O) groups excluding carboxylic acids is 1. The number of hydrogen-bond donors (Lipinski definition) is 2. The van der Waals surface area contributed by atoms with Crippen molar-refractivity contribution in [2.45, 2.75) is 38.8 Å². The molecule has 0 fully saturated rings. The van der Waals surface area contributed by atoms with Crippen LogP contribution in [0.2, 0.25) is 0 Å². The minimum atomic E-state index is -1.14. The number of aliphatic carboxylic acids is 1. The van der Waals surface area contributed by atoms with Crippen LogP contribution >= 0.6 is 0 Å². The summed E-state index contributed by atoms with van der Waals surface area (Å²) >= 11 is 0. The zero-order chi connectivity index (χ0) is 16.0. The molecule has 1 aromatic heterocycles. The third kappa shape index (κ3) is 6.11. The summed E-state index contributed by atoms with van der Waals surface area (Å²) in [6.45, 7) is 5.11. The Morgan fingerprint density at radius 1 is 1.43 bits per heavy atom. The molecular weight excluding hydrogens is 276 g/mol. The standard InChI is InChI=1S/C14H20N2O5/c1-14(2,3)21-13(19)16-10(12(17)18)7-9-5-6-15-11(8-9)20-4/h5-6,8,10H,7H2,1-4H3,(H,16,19)(H,17,18). The molecule has 0 spiro atoms. The second-order valence-electron chi connectivity index (χ2n) is 5.45. The Hall–Kier alpha value is -2.31. The summed E-state index contributed by atoms with van der Waals surface area (Å²) < 4.78 is 10.0. The Kier molecular flexibility index (Phi) is 5.52. The van der Waals surface area contributed by atoms with Gasteiger partial charge in [0, 0.05) is 18.7 Å². The van der Waals surface area contributed by atoms with Gasteiger partial charge in [0.25, 0.3) is 0 Å². The van der Waals surface area contributed by atoms with Crippen LogP contribution in [-0.4, -0.2) is 40.9 Å². The Bertz CT molecular complexity index is 510. The van der Waals surface area contributed by atoms with Crippen molar-refractivity contribution in [3.05, 3.63) is 23.9 Å². The lowest BCUT2D eigenvalue weighted by molar-refractivity contribution is -0.139. The zero-order valence-electron chi connectivity index (χ0n) is 12.5. The van der Waals surface area contributed by atoms with Crippen molar-refractivity contribution in [1.82, 2.24) is 10.3 Å². The van der Waals surface area contributed by atoms with E-state index in [1.807, 2.05) is 0 Å². The molecule has 1 aromatic rings. The maximum Gasteiger partial charge on any atom is 0.408 e. The van der Waals surface area contributed by atoms with E-state index in [4.69, 9.17) is 9.47 Å². The summed E-state index contributed by atoms with van der Waals surface area (Å²) in [5.41, 5.74) is -0.00201. The van der Waals surface area contributed by atoms with Gasteiger partial charge in [0.05, 0.1) is 7.11 Å². The molecule has 0 aromatic carbocycles. The van der Waals surface area contributed by atoms with Crippen LogP contribution in [0, 0.1) is 0 Å². The third-order valence-electron chi connectivity index (χ3n) is 2.44. The monoisotopic (exact) mass is 296 g/mol. The summed E-state index contributed by atoms with van der Waals surface area (Å²) in [7, 11) is 1.47. The lowest BCUT2D eigenvalue weighted by Crippen LogP contribution is -2.44. The van der Waals surface area contributed by atoms with Crippen molar-refractivity contribution < 1.29 is 24.2 Å². The summed E-state index contributed by atoms with van der Waals surface area (Å²) in [5.74, 6) is -0.759. The molecule has 1 atom stereocenters.